The van der Waals surface area contributed by atoms with Crippen LogP contribution in [0.1, 0.15) is 13.8 Å². The van der Waals surface area contributed by atoms with Crippen molar-refractivity contribution in [3.05, 3.63) is 48.5 Å². The number of aliphatic hydroxyl groups is 1. The molecule has 0 aliphatic heterocycles. The van der Waals surface area contributed by atoms with Crippen LogP contribution in [0.2, 0.25) is 0 Å². The first-order chi connectivity index (χ1) is 14.9. The van der Waals surface area contributed by atoms with Crippen molar-refractivity contribution in [3.63, 3.8) is 0 Å². The minimum absolute atomic E-state index is 0.133. The molecule has 2 N–H and O–H groups in total. The van der Waals surface area contributed by atoms with Gasteiger partial charge in [-0.25, -0.2) is 4.79 Å². The second-order valence-corrected chi connectivity index (χ2v) is 7.24. The first-order valence-electron chi connectivity index (χ1n) is 10.2. The molecule has 0 radical (unpaired) electrons. The fraction of sp³-hybridized carbons (Fsp3) is 0.435. The van der Waals surface area contributed by atoms with Crippen molar-refractivity contribution >= 4 is 11.7 Å². The van der Waals surface area contributed by atoms with Gasteiger partial charge in [-0.1, -0.05) is 12.1 Å². The Hall–Kier alpha value is -2.81. The third-order valence-corrected chi connectivity index (χ3v) is 4.22. The van der Waals surface area contributed by atoms with Gasteiger partial charge in [0.25, 0.3) is 0 Å². The molecule has 0 bridgehead atoms. The van der Waals surface area contributed by atoms with Crippen LogP contribution < -0.4 is 14.8 Å². The predicted octanol–water partition coefficient (Wildman–Crippen LogP) is 3.75. The number of methoxy groups -OCH3 is 1. The van der Waals surface area contributed by atoms with Gasteiger partial charge in [-0.2, -0.15) is 0 Å². The van der Waals surface area contributed by atoms with E-state index in [9.17, 15) is 9.90 Å². The van der Waals surface area contributed by atoms with Crippen molar-refractivity contribution in [2.24, 2.45) is 0 Å². The molecule has 0 aliphatic rings. The van der Waals surface area contributed by atoms with E-state index in [1.807, 2.05) is 38.1 Å². The van der Waals surface area contributed by atoms with E-state index in [-0.39, 0.29) is 25.3 Å². The van der Waals surface area contributed by atoms with E-state index < -0.39 is 6.10 Å². The van der Waals surface area contributed by atoms with Gasteiger partial charge < -0.3 is 34.3 Å². The van der Waals surface area contributed by atoms with E-state index in [0.29, 0.717) is 36.1 Å². The number of anilines is 1. The van der Waals surface area contributed by atoms with Gasteiger partial charge in [-0.3, -0.25) is 0 Å². The highest BCUT2D eigenvalue weighted by Gasteiger charge is 2.14. The van der Waals surface area contributed by atoms with Gasteiger partial charge >= 0.3 is 6.03 Å². The van der Waals surface area contributed by atoms with Crippen molar-refractivity contribution in [2.75, 3.05) is 45.8 Å². The molecule has 2 aromatic rings. The number of para-hydroxylation sites is 2. The van der Waals surface area contributed by atoms with E-state index >= 15 is 0 Å². The third-order valence-electron chi connectivity index (χ3n) is 4.22. The van der Waals surface area contributed by atoms with Gasteiger partial charge in [0.1, 0.15) is 5.75 Å². The Bertz CT molecular complexity index is 797. The molecule has 0 saturated heterocycles. The smallest absolute Gasteiger partial charge is 0.321 e. The lowest BCUT2D eigenvalue weighted by Gasteiger charge is -2.21. The number of carbonyl (C=O) groups excluding carboxylic acids is 1. The lowest BCUT2D eigenvalue weighted by Crippen LogP contribution is -2.39. The number of amides is 2. The Morgan fingerprint density at radius 3 is 2.39 bits per heavy atom. The summed E-state index contributed by atoms with van der Waals surface area (Å²) in [5.41, 5.74) is 0.612. The zero-order chi connectivity index (χ0) is 22.6. The van der Waals surface area contributed by atoms with Gasteiger partial charge in [0, 0.05) is 12.7 Å². The molecule has 2 rings (SSSR count). The van der Waals surface area contributed by atoms with Crippen LogP contribution >= 0.6 is 0 Å². The molecule has 0 aliphatic carbocycles. The number of likely N-dealkylation sites (N-methyl/N-ethyl adjacent to an activating group) is 1. The Kier molecular flexibility index (Phi) is 10.1. The number of urea groups is 1. The standard InChI is InChI=1S/C23H32N2O6/c1-17(2)30-14-13-29-16-19(26)15-25(3)23(27)24-18-9-11-20(12-10-18)31-22-8-6-5-7-21(22)28-4/h5-12,17,19,26H,13-16H2,1-4H3,(H,24,27). The topological polar surface area (TPSA) is 89.5 Å². The van der Waals surface area contributed by atoms with Crippen LogP contribution in [-0.4, -0.2) is 68.8 Å². The van der Waals surface area contributed by atoms with E-state index in [4.69, 9.17) is 18.9 Å². The Morgan fingerprint density at radius 2 is 1.74 bits per heavy atom. The molecule has 0 saturated carbocycles. The summed E-state index contributed by atoms with van der Waals surface area (Å²) in [5.74, 6) is 1.86. The first-order valence-corrected chi connectivity index (χ1v) is 10.2. The van der Waals surface area contributed by atoms with Gasteiger partial charge in [0.15, 0.2) is 11.5 Å². The number of hydrogen-bond acceptors (Lipinski definition) is 6. The van der Waals surface area contributed by atoms with Gasteiger partial charge in [-0.15, -0.1) is 0 Å². The number of ether oxygens (including phenoxy) is 4. The van der Waals surface area contributed by atoms with Crippen LogP contribution in [0.4, 0.5) is 10.5 Å². The zero-order valence-electron chi connectivity index (χ0n) is 18.5. The summed E-state index contributed by atoms with van der Waals surface area (Å²) < 4.78 is 21.8. The second-order valence-electron chi connectivity index (χ2n) is 7.24. The van der Waals surface area contributed by atoms with E-state index in [0.717, 1.165) is 0 Å². The Balaban J connectivity index is 1.77. The molecule has 1 atom stereocenters. The van der Waals surface area contributed by atoms with Crippen molar-refractivity contribution < 1.29 is 28.8 Å². The average Bonchev–Trinajstić information content (AvgIpc) is 2.75. The van der Waals surface area contributed by atoms with E-state index in [1.54, 1.807) is 38.4 Å². The summed E-state index contributed by atoms with van der Waals surface area (Å²) in [7, 11) is 3.20. The molecule has 0 fully saturated rings. The third kappa shape index (κ3) is 8.84. The van der Waals surface area contributed by atoms with Crippen molar-refractivity contribution in [1.82, 2.24) is 4.90 Å². The molecule has 8 heteroatoms. The maximum absolute atomic E-state index is 12.4. The maximum atomic E-state index is 12.4. The molecule has 1 unspecified atom stereocenters. The highest BCUT2D eigenvalue weighted by atomic mass is 16.5. The number of nitrogens with one attached hydrogen (secondary N) is 1. The van der Waals surface area contributed by atoms with Crippen LogP contribution in [0.15, 0.2) is 48.5 Å². The van der Waals surface area contributed by atoms with Crippen molar-refractivity contribution in [1.29, 1.82) is 0 Å². The number of benzene rings is 2. The normalized spacial score (nSPS) is 11.8. The van der Waals surface area contributed by atoms with Crippen molar-refractivity contribution in [2.45, 2.75) is 26.1 Å². The number of hydrogen-bond donors (Lipinski definition) is 2. The maximum Gasteiger partial charge on any atom is 0.321 e. The van der Waals surface area contributed by atoms with Crippen LogP contribution in [0.3, 0.4) is 0 Å². The average molecular weight is 433 g/mol. The molecule has 0 heterocycles. The Morgan fingerprint density at radius 1 is 1.06 bits per heavy atom. The molecular weight excluding hydrogens is 400 g/mol. The summed E-state index contributed by atoms with van der Waals surface area (Å²) in [5, 5.41) is 12.8. The molecule has 170 valence electrons. The lowest BCUT2D eigenvalue weighted by atomic mass is 10.3. The quantitative estimate of drug-likeness (QED) is 0.497. The van der Waals surface area contributed by atoms with E-state index in [2.05, 4.69) is 5.32 Å². The number of carbonyl (C=O) groups is 1. The largest absolute Gasteiger partial charge is 0.493 e. The molecule has 8 nitrogen and oxygen atoms in total. The summed E-state index contributed by atoms with van der Waals surface area (Å²) in [6, 6.07) is 14.0. The minimum atomic E-state index is -0.786. The monoisotopic (exact) mass is 432 g/mol. The van der Waals surface area contributed by atoms with Crippen molar-refractivity contribution in [3.8, 4) is 17.2 Å². The highest BCUT2D eigenvalue weighted by molar-refractivity contribution is 5.89. The fourth-order valence-electron chi connectivity index (χ4n) is 2.67. The fourth-order valence-corrected chi connectivity index (χ4v) is 2.67. The lowest BCUT2D eigenvalue weighted by molar-refractivity contribution is -0.0144. The molecule has 0 aromatic heterocycles. The van der Waals surface area contributed by atoms with Crippen LogP contribution in [0, 0.1) is 0 Å². The highest BCUT2D eigenvalue weighted by Crippen LogP contribution is 2.31. The van der Waals surface area contributed by atoms with Crippen LogP contribution in [0.25, 0.3) is 0 Å². The summed E-state index contributed by atoms with van der Waals surface area (Å²) in [4.78, 5) is 13.8. The van der Waals surface area contributed by atoms with Crippen LogP contribution in [-0.2, 0) is 9.47 Å². The zero-order valence-corrected chi connectivity index (χ0v) is 18.5. The molecule has 0 spiro atoms. The number of rotatable bonds is 12. The molecule has 2 amide bonds. The summed E-state index contributed by atoms with van der Waals surface area (Å²) in [6.07, 6.45) is -0.642. The van der Waals surface area contributed by atoms with Gasteiger partial charge in [0.2, 0.25) is 0 Å². The van der Waals surface area contributed by atoms with Gasteiger partial charge in [-0.05, 0) is 50.2 Å². The second kappa shape index (κ2) is 12.8. The number of aliphatic hydroxyl groups excluding tert-OH is 1. The van der Waals surface area contributed by atoms with E-state index in [1.165, 1.54) is 4.90 Å². The SMILES string of the molecule is COc1ccccc1Oc1ccc(NC(=O)N(C)CC(O)COCCOC(C)C)cc1. The first kappa shape index (κ1) is 24.5. The predicted molar refractivity (Wildman–Crippen MR) is 119 cm³/mol. The van der Waals surface area contributed by atoms with Gasteiger partial charge in [0.05, 0.1) is 45.7 Å². The Labute approximate surface area is 183 Å². The molecule has 2 aromatic carbocycles. The number of nitrogens with zero attached hydrogens (tertiary/aromatic N) is 1. The van der Waals surface area contributed by atoms with Crippen LogP contribution in [0.5, 0.6) is 17.2 Å². The summed E-state index contributed by atoms with van der Waals surface area (Å²) in [6.45, 7) is 5.04. The molecule has 31 heavy (non-hydrogen) atoms. The molecular formula is C23H32N2O6. The minimum Gasteiger partial charge on any atom is -0.493 e. The summed E-state index contributed by atoms with van der Waals surface area (Å²) >= 11 is 0.